The summed E-state index contributed by atoms with van der Waals surface area (Å²) in [5, 5.41) is 17.6. The van der Waals surface area contributed by atoms with Gasteiger partial charge in [-0.2, -0.15) is 5.10 Å². The molecule has 0 unspecified atom stereocenters. The van der Waals surface area contributed by atoms with Crippen molar-refractivity contribution >= 4 is 34.4 Å². The second-order valence-corrected chi connectivity index (χ2v) is 11.4. The van der Waals surface area contributed by atoms with Gasteiger partial charge in [0.05, 0.1) is 17.8 Å². The maximum atomic E-state index is 13.0. The van der Waals surface area contributed by atoms with Crippen molar-refractivity contribution in [2.45, 2.75) is 58.7 Å². The molecule has 3 aromatic heterocycles. The molecule has 6 rings (SSSR count). The summed E-state index contributed by atoms with van der Waals surface area (Å²) in [6.45, 7) is 7.97. The van der Waals surface area contributed by atoms with Gasteiger partial charge >= 0.3 is 11.9 Å². The SMILES string of the molecule is Cc1c(C(=O)OC(C)(C)C)ccc2c1CC[C@@H]2NC(=O)c1cc(C(=O)O)nc2ccnn12.NCc1ccc2[nH]ccc2c1. The van der Waals surface area contributed by atoms with Crippen molar-refractivity contribution in [2.24, 2.45) is 5.73 Å². The van der Waals surface area contributed by atoms with Gasteiger partial charge in [-0.1, -0.05) is 12.1 Å². The molecule has 1 amide bonds. The molecule has 43 heavy (non-hydrogen) atoms. The summed E-state index contributed by atoms with van der Waals surface area (Å²) < 4.78 is 6.82. The standard InChI is InChI=1S/C23H24N4O5.C9H10N2/c1-12-13-7-8-16(15(13)6-5-14(12)22(31)32-23(2,3)4)26-20(28)18-11-17(21(29)30)25-19-9-10-24-27(18)19;10-6-7-1-2-9-8(5-7)3-4-11-9/h5-6,9-11,16H,7-8H2,1-4H3,(H,26,28)(H,29,30);1-5,11H,6,10H2/t16-;/m0./s1. The predicted molar refractivity (Wildman–Crippen MR) is 161 cm³/mol. The van der Waals surface area contributed by atoms with E-state index < -0.39 is 17.5 Å². The van der Waals surface area contributed by atoms with Crippen molar-refractivity contribution in [3.63, 3.8) is 0 Å². The Labute approximate surface area is 248 Å². The van der Waals surface area contributed by atoms with E-state index in [9.17, 15) is 19.5 Å². The van der Waals surface area contributed by atoms with E-state index in [1.165, 1.54) is 39.3 Å². The number of hydrogen-bond acceptors (Lipinski definition) is 7. The van der Waals surface area contributed by atoms with Crippen molar-refractivity contribution in [3.05, 3.63) is 100 Å². The Bertz CT molecular complexity index is 1850. The molecule has 0 saturated carbocycles. The number of esters is 1. The summed E-state index contributed by atoms with van der Waals surface area (Å²) in [6.07, 6.45) is 4.76. The summed E-state index contributed by atoms with van der Waals surface area (Å²) in [5.41, 5.74) is 10.7. The van der Waals surface area contributed by atoms with Crippen LogP contribution >= 0.6 is 0 Å². The molecule has 2 aromatic carbocycles. The fraction of sp³-hybridized carbons (Fsp3) is 0.281. The van der Waals surface area contributed by atoms with Crippen molar-refractivity contribution in [3.8, 4) is 0 Å². The van der Waals surface area contributed by atoms with Gasteiger partial charge in [-0.05, 0) is 92.4 Å². The fourth-order valence-corrected chi connectivity index (χ4v) is 5.23. The number of rotatable bonds is 5. The number of benzene rings is 2. The summed E-state index contributed by atoms with van der Waals surface area (Å²) in [6, 6.07) is 14.3. The number of nitrogens with one attached hydrogen (secondary N) is 2. The third kappa shape index (κ3) is 6.26. The van der Waals surface area contributed by atoms with Crippen molar-refractivity contribution in [2.75, 3.05) is 0 Å². The molecular weight excluding hydrogens is 548 g/mol. The zero-order valence-corrected chi connectivity index (χ0v) is 24.5. The number of hydrogen-bond donors (Lipinski definition) is 4. The molecule has 0 fully saturated rings. The second kappa shape index (κ2) is 11.7. The van der Waals surface area contributed by atoms with Crippen LogP contribution in [-0.2, 0) is 17.7 Å². The molecule has 11 heteroatoms. The van der Waals surface area contributed by atoms with E-state index in [4.69, 9.17) is 10.5 Å². The van der Waals surface area contributed by atoms with Gasteiger partial charge in [-0.3, -0.25) is 4.79 Å². The third-order valence-corrected chi connectivity index (χ3v) is 7.28. The molecule has 0 bridgehead atoms. The normalized spacial score (nSPS) is 14.2. The van der Waals surface area contributed by atoms with Gasteiger partial charge in [0.25, 0.3) is 5.91 Å². The minimum Gasteiger partial charge on any atom is -0.477 e. The van der Waals surface area contributed by atoms with Crippen molar-refractivity contribution in [1.82, 2.24) is 24.9 Å². The van der Waals surface area contributed by atoms with Crippen molar-refractivity contribution < 1.29 is 24.2 Å². The lowest BCUT2D eigenvalue weighted by Gasteiger charge is -2.21. The Kier molecular flexibility index (Phi) is 8.01. The molecule has 222 valence electrons. The summed E-state index contributed by atoms with van der Waals surface area (Å²) >= 11 is 0. The first-order valence-electron chi connectivity index (χ1n) is 14.0. The van der Waals surface area contributed by atoms with E-state index in [0.29, 0.717) is 24.9 Å². The molecule has 1 aliphatic carbocycles. The topological polar surface area (TPSA) is 165 Å². The Morgan fingerprint density at radius 1 is 1.14 bits per heavy atom. The van der Waals surface area contributed by atoms with Crippen LogP contribution in [-0.4, -0.2) is 48.1 Å². The van der Waals surface area contributed by atoms with E-state index in [2.05, 4.69) is 38.6 Å². The molecule has 1 atom stereocenters. The number of nitrogens with zero attached hydrogens (tertiary/aromatic N) is 3. The number of carboxylic acid groups (broad SMARTS) is 1. The average Bonchev–Trinajstić information content (AvgIpc) is 3.71. The number of carboxylic acids is 1. The van der Waals surface area contributed by atoms with Crippen LogP contribution in [0.2, 0.25) is 0 Å². The molecule has 5 N–H and O–H groups in total. The first kappa shape index (κ1) is 29.5. The number of aromatic carboxylic acids is 1. The van der Waals surface area contributed by atoms with Gasteiger partial charge in [0, 0.05) is 30.4 Å². The van der Waals surface area contributed by atoms with E-state index >= 15 is 0 Å². The van der Waals surface area contributed by atoms with Crippen LogP contribution in [0.3, 0.4) is 0 Å². The highest BCUT2D eigenvalue weighted by molar-refractivity contribution is 5.96. The molecule has 11 nitrogen and oxygen atoms in total. The molecule has 0 radical (unpaired) electrons. The van der Waals surface area contributed by atoms with Gasteiger partial charge in [-0.15, -0.1) is 0 Å². The largest absolute Gasteiger partial charge is 0.477 e. The maximum absolute atomic E-state index is 13.0. The molecule has 5 aromatic rings. The lowest BCUT2D eigenvalue weighted by molar-refractivity contribution is 0.00682. The molecule has 0 saturated heterocycles. The number of H-pyrrole nitrogens is 1. The van der Waals surface area contributed by atoms with Gasteiger partial charge < -0.3 is 25.9 Å². The molecule has 3 heterocycles. The van der Waals surface area contributed by atoms with E-state index in [0.717, 1.165) is 16.7 Å². The molecule has 0 spiro atoms. The van der Waals surface area contributed by atoms with Crippen LogP contribution < -0.4 is 11.1 Å². The zero-order valence-electron chi connectivity index (χ0n) is 24.5. The van der Waals surface area contributed by atoms with Gasteiger partial charge in [0.1, 0.15) is 11.3 Å². The zero-order chi connectivity index (χ0) is 30.9. The van der Waals surface area contributed by atoms with Crippen LogP contribution in [0, 0.1) is 6.92 Å². The smallest absolute Gasteiger partial charge is 0.354 e. The minimum absolute atomic E-state index is 0.0907. The number of ether oxygens (including phenoxy) is 1. The number of carbonyl (C=O) groups is 3. The molecule has 1 aliphatic rings. The Balaban J connectivity index is 0.000000279. The van der Waals surface area contributed by atoms with Crippen LogP contribution in [0.4, 0.5) is 0 Å². The van der Waals surface area contributed by atoms with Crippen LogP contribution in [0.5, 0.6) is 0 Å². The third-order valence-electron chi connectivity index (χ3n) is 7.28. The Hall–Kier alpha value is -5.03. The quantitative estimate of drug-likeness (QED) is 0.216. The van der Waals surface area contributed by atoms with Crippen LogP contribution in [0.25, 0.3) is 16.6 Å². The molecule has 0 aliphatic heterocycles. The lowest BCUT2D eigenvalue weighted by Crippen LogP contribution is -2.29. The number of aromatic amines is 1. The van der Waals surface area contributed by atoms with Crippen molar-refractivity contribution in [1.29, 1.82) is 0 Å². The first-order chi connectivity index (χ1) is 20.4. The van der Waals surface area contributed by atoms with Gasteiger partial charge in [-0.25, -0.2) is 19.1 Å². The monoisotopic (exact) mass is 582 g/mol. The van der Waals surface area contributed by atoms with E-state index in [1.807, 2.05) is 46.0 Å². The minimum atomic E-state index is -1.22. The fourth-order valence-electron chi connectivity index (χ4n) is 5.23. The highest BCUT2D eigenvalue weighted by Crippen LogP contribution is 2.35. The second-order valence-electron chi connectivity index (χ2n) is 11.4. The van der Waals surface area contributed by atoms with Gasteiger partial charge in [0.2, 0.25) is 0 Å². The molecular formula is C32H34N6O5. The Morgan fingerprint density at radius 2 is 1.93 bits per heavy atom. The van der Waals surface area contributed by atoms with Crippen LogP contribution in [0.15, 0.2) is 60.9 Å². The summed E-state index contributed by atoms with van der Waals surface area (Å²) in [4.78, 5) is 44.1. The highest BCUT2D eigenvalue weighted by Gasteiger charge is 2.30. The highest BCUT2D eigenvalue weighted by atomic mass is 16.6. The number of amides is 1. The lowest BCUT2D eigenvalue weighted by atomic mass is 9.97. The average molecular weight is 583 g/mol. The number of fused-ring (bicyclic) bond motifs is 3. The summed E-state index contributed by atoms with van der Waals surface area (Å²) in [5.74, 6) is -2.04. The van der Waals surface area contributed by atoms with Gasteiger partial charge in [0.15, 0.2) is 11.3 Å². The van der Waals surface area contributed by atoms with E-state index in [1.54, 1.807) is 6.07 Å². The van der Waals surface area contributed by atoms with Crippen LogP contribution in [0.1, 0.15) is 86.8 Å². The first-order valence-corrected chi connectivity index (χ1v) is 14.0. The number of carbonyl (C=O) groups excluding carboxylic acids is 2. The van der Waals surface area contributed by atoms with E-state index in [-0.39, 0.29) is 29.0 Å². The number of aromatic nitrogens is 4. The summed E-state index contributed by atoms with van der Waals surface area (Å²) in [7, 11) is 0. The Morgan fingerprint density at radius 3 is 2.65 bits per heavy atom. The predicted octanol–water partition coefficient (Wildman–Crippen LogP) is 4.74. The number of nitrogens with two attached hydrogens (primary N) is 1. The maximum Gasteiger partial charge on any atom is 0.354 e.